The first-order valence-corrected chi connectivity index (χ1v) is 16.9. The molecule has 1 saturated carbocycles. The maximum Gasteiger partial charge on any atom is -0.0151 e. The summed E-state index contributed by atoms with van der Waals surface area (Å²) in [6.07, 6.45) is 19.8. The largest absolute Gasteiger partial charge is 0.0654 e. The summed E-state index contributed by atoms with van der Waals surface area (Å²) in [7, 11) is 0. The van der Waals surface area contributed by atoms with Gasteiger partial charge in [0, 0.05) is 0 Å². The van der Waals surface area contributed by atoms with Crippen LogP contribution in [-0.2, 0) is 19.3 Å². The van der Waals surface area contributed by atoms with Crippen LogP contribution in [-0.4, -0.2) is 0 Å². The van der Waals surface area contributed by atoms with Crippen LogP contribution in [0, 0.1) is 12.8 Å². The summed E-state index contributed by atoms with van der Waals surface area (Å²) in [6, 6.07) is 21.9. The van der Waals surface area contributed by atoms with Gasteiger partial charge in [0.25, 0.3) is 0 Å². The highest BCUT2D eigenvalue weighted by Gasteiger charge is 2.22. The molecule has 0 atom stereocenters. The van der Waals surface area contributed by atoms with Crippen molar-refractivity contribution >= 4 is 0 Å². The maximum atomic E-state index is 2.50. The number of rotatable bonds is 14. The molecule has 0 amide bonds. The molecule has 1 aliphatic carbocycles. The lowest BCUT2D eigenvalue weighted by atomic mass is 9.77. The SMILES string of the molecule is CCCCCC1CCC(c2ccc(-c3ccc(-c4cc(CCCC)c(C)c(CCCC)c4)c(CC)c3)cc2)CC1. The third-order valence-electron chi connectivity index (χ3n) is 9.80. The van der Waals surface area contributed by atoms with Crippen molar-refractivity contribution in [1.82, 2.24) is 0 Å². The predicted octanol–water partition coefficient (Wildman–Crippen LogP) is 12.4. The molecular formula is C40H56. The highest BCUT2D eigenvalue weighted by Crippen LogP contribution is 2.39. The van der Waals surface area contributed by atoms with Crippen molar-refractivity contribution in [3.05, 3.63) is 82.4 Å². The summed E-state index contributed by atoms with van der Waals surface area (Å²) in [5.74, 6) is 1.74. The molecular weight excluding hydrogens is 480 g/mol. The predicted molar refractivity (Wildman–Crippen MR) is 177 cm³/mol. The van der Waals surface area contributed by atoms with E-state index in [0.29, 0.717) is 0 Å². The van der Waals surface area contributed by atoms with Crippen molar-refractivity contribution < 1.29 is 0 Å². The number of aryl methyl sites for hydroxylation is 3. The number of unbranched alkanes of at least 4 members (excludes halogenated alkanes) is 4. The molecule has 216 valence electrons. The van der Waals surface area contributed by atoms with E-state index < -0.39 is 0 Å². The lowest BCUT2D eigenvalue weighted by Crippen LogP contribution is -2.13. The van der Waals surface area contributed by atoms with Gasteiger partial charge >= 0.3 is 0 Å². The third-order valence-corrected chi connectivity index (χ3v) is 9.80. The monoisotopic (exact) mass is 536 g/mol. The topological polar surface area (TPSA) is 0 Å². The van der Waals surface area contributed by atoms with E-state index >= 15 is 0 Å². The van der Waals surface area contributed by atoms with Crippen LogP contribution >= 0.6 is 0 Å². The molecule has 1 fully saturated rings. The molecule has 0 aliphatic heterocycles. The first-order chi connectivity index (χ1) is 19.6. The highest BCUT2D eigenvalue weighted by molar-refractivity contribution is 5.75. The molecule has 4 rings (SSSR count). The Bertz CT molecular complexity index is 1140. The molecule has 0 saturated heterocycles. The van der Waals surface area contributed by atoms with E-state index in [1.54, 1.807) is 16.7 Å². The smallest absolute Gasteiger partial charge is 0.0151 e. The van der Waals surface area contributed by atoms with Gasteiger partial charge in [-0.2, -0.15) is 0 Å². The van der Waals surface area contributed by atoms with Crippen LogP contribution in [0.4, 0.5) is 0 Å². The molecule has 0 unspecified atom stereocenters. The molecule has 3 aromatic rings. The first kappa shape index (κ1) is 30.6. The molecule has 0 nitrogen and oxygen atoms in total. The van der Waals surface area contributed by atoms with Crippen LogP contribution in [0.15, 0.2) is 54.6 Å². The Labute approximate surface area is 247 Å². The standard InChI is InChI=1S/C40H56/c1-6-10-13-14-31-17-19-33(20-18-31)34-21-23-35(24-22-34)38-25-26-40(32(9-4)27-38)39-28-36(15-11-7-2)30(5)37(29-39)16-12-8-3/h21-29,31,33H,6-20H2,1-5H3. The molecule has 1 aliphatic rings. The van der Waals surface area contributed by atoms with Gasteiger partial charge in [-0.3, -0.25) is 0 Å². The quantitative estimate of drug-likeness (QED) is 0.180. The van der Waals surface area contributed by atoms with Crippen LogP contribution in [0.3, 0.4) is 0 Å². The average molecular weight is 537 g/mol. The summed E-state index contributed by atoms with van der Waals surface area (Å²) < 4.78 is 0. The van der Waals surface area contributed by atoms with Gasteiger partial charge < -0.3 is 0 Å². The van der Waals surface area contributed by atoms with Gasteiger partial charge in [0.1, 0.15) is 0 Å². The fourth-order valence-electron chi connectivity index (χ4n) is 7.01. The molecule has 40 heavy (non-hydrogen) atoms. The molecule has 3 aromatic carbocycles. The van der Waals surface area contributed by atoms with E-state index in [0.717, 1.165) is 18.3 Å². The van der Waals surface area contributed by atoms with E-state index in [9.17, 15) is 0 Å². The number of hydrogen-bond donors (Lipinski definition) is 0. The second-order valence-electron chi connectivity index (χ2n) is 12.7. The normalized spacial score (nSPS) is 17.3. The number of benzene rings is 3. The third kappa shape index (κ3) is 7.90. The summed E-state index contributed by atoms with van der Waals surface area (Å²) in [5.41, 5.74) is 13.2. The lowest BCUT2D eigenvalue weighted by Gasteiger charge is -2.29. The van der Waals surface area contributed by atoms with E-state index in [1.807, 2.05) is 0 Å². The Hall–Kier alpha value is -2.34. The Balaban J connectivity index is 1.51. The van der Waals surface area contributed by atoms with Gasteiger partial charge in [-0.05, 0) is 127 Å². The Morgan fingerprint density at radius 1 is 0.575 bits per heavy atom. The van der Waals surface area contributed by atoms with Gasteiger partial charge in [-0.1, -0.05) is 121 Å². The van der Waals surface area contributed by atoms with E-state index in [1.165, 1.54) is 123 Å². The average Bonchev–Trinajstić information content (AvgIpc) is 3.00. The molecule has 0 radical (unpaired) electrons. The molecule has 0 heteroatoms. The summed E-state index contributed by atoms with van der Waals surface area (Å²) in [6.45, 7) is 11.6. The van der Waals surface area contributed by atoms with Gasteiger partial charge in [-0.15, -0.1) is 0 Å². The van der Waals surface area contributed by atoms with Crippen LogP contribution in [0.1, 0.15) is 138 Å². The minimum atomic E-state index is 0.760. The van der Waals surface area contributed by atoms with Crippen LogP contribution in [0.2, 0.25) is 0 Å². The molecule has 0 N–H and O–H groups in total. The summed E-state index contributed by atoms with van der Waals surface area (Å²) in [5, 5.41) is 0. The van der Waals surface area contributed by atoms with Gasteiger partial charge in [0.15, 0.2) is 0 Å². The Kier molecular flexibility index (Phi) is 11.9. The van der Waals surface area contributed by atoms with E-state index in [4.69, 9.17) is 0 Å². The van der Waals surface area contributed by atoms with E-state index in [-0.39, 0.29) is 0 Å². The minimum absolute atomic E-state index is 0.760. The zero-order valence-electron chi connectivity index (χ0n) is 26.5. The second-order valence-corrected chi connectivity index (χ2v) is 12.7. The van der Waals surface area contributed by atoms with Gasteiger partial charge in [0.05, 0.1) is 0 Å². The fraction of sp³-hybridized carbons (Fsp3) is 0.550. The lowest BCUT2D eigenvalue weighted by molar-refractivity contribution is 0.303. The van der Waals surface area contributed by atoms with Gasteiger partial charge in [-0.25, -0.2) is 0 Å². The maximum absolute atomic E-state index is 2.50. The van der Waals surface area contributed by atoms with Crippen molar-refractivity contribution in [2.24, 2.45) is 5.92 Å². The fourth-order valence-corrected chi connectivity index (χ4v) is 7.01. The van der Waals surface area contributed by atoms with Crippen LogP contribution < -0.4 is 0 Å². The Morgan fingerprint density at radius 3 is 1.73 bits per heavy atom. The minimum Gasteiger partial charge on any atom is -0.0654 e. The van der Waals surface area contributed by atoms with Gasteiger partial charge in [0.2, 0.25) is 0 Å². The number of hydrogen-bond acceptors (Lipinski definition) is 0. The first-order valence-electron chi connectivity index (χ1n) is 16.9. The van der Waals surface area contributed by atoms with E-state index in [2.05, 4.69) is 89.2 Å². The Morgan fingerprint density at radius 2 is 1.15 bits per heavy atom. The molecule has 0 heterocycles. The molecule has 0 aromatic heterocycles. The van der Waals surface area contributed by atoms with Crippen molar-refractivity contribution in [2.75, 3.05) is 0 Å². The van der Waals surface area contributed by atoms with Crippen molar-refractivity contribution in [3.8, 4) is 22.3 Å². The van der Waals surface area contributed by atoms with Crippen molar-refractivity contribution in [1.29, 1.82) is 0 Å². The van der Waals surface area contributed by atoms with Crippen molar-refractivity contribution in [2.45, 2.75) is 137 Å². The molecule has 0 spiro atoms. The van der Waals surface area contributed by atoms with Crippen LogP contribution in [0.5, 0.6) is 0 Å². The zero-order valence-corrected chi connectivity index (χ0v) is 26.5. The molecule has 0 bridgehead atoms. The highest BCUT2D eigenvalue weighted by atomic mass is 14.3. The van der Waals surface area contributed by atoms with Crippen LogP contribution in [0.25, 0.3) is 22.3 Å². The summed E-state index contributed by atoms with van der Waals surface area (Å²) >= 11 is 0. The second kappa shape index (κ2) is 15.6. The summed E-state index contributed by atoms with van der Waals surface area (Å²) in [4.78, 5) is 0. The zero-order chi connectivity index (χ0) is 28.3. The van der Waals surface area contributed by atoms with Crippen molar-refractivity contribution in [3.63, 3.8) is 0 Å².